The minimum absolute atomic E-state index is 0.0370. The summed E-state index contributed by atoms with van der Waals surface area (Å²) in [5.74, 6) is 0. The minimum atomic E-state index is -2.66. The molecule has 2 N–H and O–H groups in total. The van der Waals surface area contributed by atoms with Gasteiger partial charge in [-0.05, 0) is 13.3 Å². The number of rotatable bonds is 4. The van der Waals surface area contributed by atoms with Gasteiger partial charge in [0.15, 0.2) is 0 Å². The molecule has 0 aromatic heterocycles. The van der Waals surface area contributed by atoms with Crippen molar-refractivity contribution in [2.75, 3.05) is 6.61 Å². The van der Waals surface area contributed by atoms with Crippen LogP contribution in [0.1, 0.15) is 13.3 Å². The lowest BCUT2D eigenvalue weighted by Gasteiger charge is -2.03. The number of hydrogen-bond donors (Lipinski definition) is 1. The Balaban J connectivity index is 2.91. The fraction of sp³-hybridized carbons (Fsp3) is 1.00. The Kier molecular flexibility index (Phi) is 4.53. The van der Waals surface area contributed by atoms with Crippen molar-refractivity contribution in [3.8, 4) is 0 Å². The molecular formula is C5H11F2NO. The summed E-state index contributed by atoms with van der Waals surface area (Å²) in [5, 5.41) is 0. The molecule has 0 aliphatic carbocycles. The Labute approximate surface area is 53.0 Å². The van der Waals surface area contributed by atoms with Crippen LogP contribution in [0, 0.1) is 0 Å². The first-order valence-electron chi connectivity index (χ1n) is 2.78. The number of alkyl halides is 2. The van der Waals surface area contributed by atoms with E-state index >= 15 is 0 Å². The summed E-state index contributed by atoms with van der Waals surface area (Å²) in [7, 11) is 0. The second-order valence-corrected chi connectivity index (χ2v) is 1.90. The molecule has 2 nitrogen and oxygen atoms in total. The van der Waals surface area contributed by atoms with Gasteiger partial charge < -0.3 is 10.5 Å². The van der Waals surface area contributed by atoms with Crippen molar-refractivity contribution >= 4 is 0 Å². The fourth-order valence-corrected chi connectivity index (χ4v) is 0.343. The van der Waals surface area contributed by atoms with Crippen molar-refractivity contribution < 1.29 is 13.5 Å². The third-order valence-corrected chi connectivity index (χ3v) is 0.817. The Hall–Kier alpha value is -0.220. The van der Waals surface area contributed by atoms with Crippen molar-refractivity contribution in [3.05, 3.63) is 0 Å². The van der Waals surface area contributed by atoms with Gasteiger partial charge in [-0.1, -0.05) is 0 Å². The van der Waals surface area contributed by atoms with Crippen LogP contribution in [0.2, 0.25) is 0 Å². The van der Waals surface area contributed by atoms with Gasteiger partial charge in [0.25, 0.3) is 0 Å². The molecule has 0 amide bonds. The Morgan fingerprint density at radius 2 is 2.11 bits per heavy atom. The van der Waals surface area contributed by atoms with E-state index in [-0.39, 0.29) is 12.6 Å². The predicted molar refractivity (Wildman–Crippen MR) is 30.2 cm³/mol. The van der Waals surface area contributed by atoms with Gasteiger partial charge in [0.1, 0.15) is 0 Å². The van der Waals surface area contributed by atoms with Crippen molar-refractivity contribution in [3.63, 3.8) is 0 Å². The zero-order chi connectivity index (χ0) is 7.28. The van der Waals surface area contributed by atoms with Crippen LogP contribution in [0.3, 0.4) is 0 Å². The van der Waals surface area contributed by atoms with Crippen molar-refractivity contribution in [2.24, 2.45) is 5.73 Å². The van der Waals surface area contributed by atoms with Crippen LogP contribution in [-0.2, 0) is 4.74 Å². The summed E-state index contributed by atoms with van der Waals surface area (Å²) in [6, 6.07) is -0.0660. The molecule has 0 fully saturated rings. The molecule has 0 aromatic carbocycles. The van der Waals surface area contributed by atoms with Crippen LogP contribution < -0.4 is 5.73 Å². The zero-order valence-corrected chi connectivity index (χ0v) is 5.31. The van der Waals surface area contributed by atoms with Gasteiger partial charge in [0.2, 0.25) is 0 Å². The fourth-order valence-electron chi connectivity index (χ4n) is 0.343. The van der Waals surface area contributed by atoms with Gasteiger partial charge in [-0.25, -0.2) is 0 Å². The minimum Gasteiger partial charge on any atom is -0.328 e. The average molecular weight is 139 g/mol. The maximum absolute atomic E-state index is 11.2. The smallest absolute Gasteiger partial charge is 0.328 e. The standard InChI is InChI=1S/C5H11F2NO/c1-4(8)2-3-9-5(6)7/h4-5H,2-3,8H2,1H3. The molecule has 9 heavy (non-hydrogen) atoms. The van der Waals surface area contributed by atoms with Crippen LogP contribution in [0.25, 0.3) is 0 Å². The highest BCUT2D eigenvalue weighted by atomic mass is 19.3. The largest absolute Gasteiger partial charge is 0.345 e. The molecule has 0 bridgehead atoms. The second-order valence-electron chi connectivity index (χ2n) is 1.90. The molecule has 1 unspecified atom stereocenters. The summed E-state index contributed by atoms with van der Waals surface area (Å²) < 4.78 is 26.4. The molecule has 0 saturated heterocycles. The van der Waals surface area contributed by atoms with Crippen LogP contribution in [0.4, 0.5) is 8.78 Å². The van der Waals surface area contributed by atoms with E-state index in [1.165, 1.54) is 0 Å². The normalized spacial score (nSPS) is 14.3. The molecule has 56 valence electrons. The SMILES string of the molecule is CC(N)CCOC(F)F. The third-order valence-electron chi connectivity index (χ3n) is 0.817. The molecule has 0 spiro atoms. The van der Waals surface area contributed by atoms with Crippen molar-refractivity contribution in [1.29, 1.82) is 0 Å². The lowest BCUT2D eigenvalue weighted by atomic mass is 10.3. The summed E-state index contributed by atoms with van der Waals surface area (Å²) in [5.41, 5.74) is 5.25. The third kappa shape index (κ3) is 7.78. The first-order chi connectivity index (χ1) is 4.13. The van der Waals surface area contributed by atoms with E-state index in [2.05, 4.69) is 4.74 Å². The molecule has 0 saturated carbocycles. The van der Waals surface area contributed by atoms with Gasteiger partial charge in [0.05, 0.1) is 6.61 Å². The highest BCUT2D eigenvalue weighted by molar-refractivity contribution is 4.49. The second kappa shape index (κ2) is 4.64. The highest BCUT2D eigenvalue weighted by Crippen LogP contribution is 1.96. The van der Waals surface area contributed by atoms with E-state index in [0.29, 0.717) is 6.42 Å². The van der Waals surface area contributed by atoms with E-state index < -0.39 is 6.61 Å². The van der Waals surface area contributed by atoms with E-state index in [4.69, 9.17) is 5.73 Å². The average Bonchev–Trinajstić information content (AvgIpc) is 1.63. The number of halogens is 2. The van der Waals surface area contributed by atoms with Crippen LogP contribution >= 0.6 is 0 Å². The monoisotopic (exact) mass is 139 g/mol. The molecule has 4 heteroatoms. The van der Waals surface area contributed by atoms with Crippen LogP contribution in [0.15, 0.2) is 0 Å². The molecule has 0 rings (SSSR count). The lowest BCUT2D eigenvalue weighted by molar-refractivity contribution is -0.129. The van der Waals surface area contributed by atoms with Gasteiger partial charge in [-0.15, -0.1) is 0 Å². The Bertz CT molecular complexity index is 60.0. The number of ether oxygens (including phenoxy) is 1. The molecular weight excluding hydrogens is 128 g/mol. The van der Waals surface area contributed by atoms with E-state index in [1.807, 2.05) is 0 Å². The topological polar surface area (TPSA) is 35.2 Å². The van der Waals surface area contributed by atoms with Crippen molar-refractivity contribution in [2.45, 2.75) is 26.0 Å². The molecule has 0 aliphatic heterocycles. The van der Waals surface area contributed by atoms with Crippen LogP contribution in [-0.4, -0.2) is 19.3 Å². The van der Waals surface area contributed by atoms with Gasteiger partial charge in [0, 0.05) is 6.04 Å². The summed E-state index contributed by atoms with van der Waals surface area (Å²) in [4.78, 5) is 0. The van der Waals surface area contributed by atoms with Crippen LogP contribution in [0.5, 0.6) is 0 Å². The summed E-state index contributed by atoms with van der Waals surface area (Å²) in [6.45, 7) is -0.881. The lowest BCUT2D eigenvalue weighted by Crippen LogP contribution is -2.18. The quantitative estimate of drug-likeness (QED) is 0.629. The van der Waals surface area contributed by atoms with Gasteiger partial charge in [-0.2, -0.15) is 8.78 Å². The van der Waals surface area contributed by atoms with Crippen molar-refractivity contribution in [1.82, 2.24) is 0 Å². The summed E-state index contributed by atoms with van der Waals surface area (Å²) in [6.07, 6.45) is 0.477. The first kappa shape index (κ1) is 8.78. The maximum Gasteiger partial charge on any atom is 0.345 e. The maximum atomic E-state index is 11.2. The molecule has 0 radical (unpaired) electrons. The molecule has 0 heterocycles. The number of hydrogen-bond acceptors (Lipinski definition) is 2. The van der Waals surface area contributed by atoms with Gasteiger partial charge >= 0.3 is 6.61 Å². The zero-order valence-electron chi connectivity index (χ0n) is 5.31. The Morgan fingerprint density at radius 3 is 2.44 bits per heavy atom. The molecule has 1 atom stereocenters. The van der Waals surface area contributed by atoms with E-state index in [9.17, 15) is 8.78 Å². The highest BCUT2D eigenvalue weighted by Gasteiger charge is 2.01. The Morgan fingerprint density at radius 1 is 1.56 bits per heavy atom. The molecule has 0 aliphatic rings. The van der Waals surface area contributed by atoms with E-state index in [0.717, 1.165) is 0 Å². The molecule has 0 aromatic rings. The predicted octanol–water partition coefficient (Wildman–Crippen LogP) is 0.963. The first-order valence-corrected chi connectivity index (χ1v) is 2.78. The van der Waals surface area contributed by atoms with E-state index in [1.54, 1.807) is 6.92 Å². The van der Waals surface area contributed by atoms with Gasteiger partial charge in [-0.3, -0.25) is 0 Å². The number of nitrogens with two attached hydrogens (primary N) is 1. The summed E-state index contributed by atoms with van der Waals surface area (Å²) >= 11 is 0.